The van der Waals surface area contributed by atoms with Gasteiger partial charge in [-0.1, -0.05) is 54.6 Å². The number of amides is 2. The van der Waals surface area contributed by atoms with Crippen molar-refractivity contribution in [2.24, 2.45) is 0 Å². The van der Waals surface area contributed by atoms with Crippen molar-refractivity contribution in [3.8, 4) is 0 Å². The molecule has 4 heteroatoms. The molecule has 1 atom stereocenters. The van der Waals surface area contributed by atoms with Crippen LogP contribution in [0.15, 0.2) is 54.6 Å². The normalized spacial score (nSPS) is 11.7. The Kier molecular flexibility index (Phi) is 5.98. The summed E-state index contributed by atoms with van der Waals surface area (Å²) in [4.78, 5) is 11.7. The van der Waals surface area contributed by atoms with Gasteiger partial charge in [-0.3, -0.25) is 0 Å². The Morgan fingerprint density at radius 1 is 1.05 bits per heavy atom. The van der Waals surface area contributed by atoms with E-state index in [1.54, 1.807) is 0 Å². The van der Waals surface area contributed by atoms with E-state index in [1.165, 1.54) is 0 Å². The second-order valence-electron chi connectivity index (χ2n) is 5.25. The zero-order valence-corrected chi connectivity index (χ0v) is 12.8. The molecule has 0 aromatic heterocycles. The number of hydrogen-bond acceptors (Lipinski definition) is 2. The van der Waals surface area contributed by atoms with Crippen molar-refractivity contribution in [1.29, 1.82) is 0 Å². The van der Waals surface area contributed by atoms with Gasteiger partial charge in [0.2, 0.25) is 0 Å². The summed E-state index contributed by atoms with van der Waals surface area (Å²) in [6.07, 6.45) is -0.0696. The lowest BCUT2D eigenvalue weighted by molar-refractivity contribution is 0.167. The standard InChI is InChI=1S/C18H22N2O2/c1-14-7-5-6-10-16(14)13-20-18(22)19-12-11-17(21)15-8-3-2-4-9-15/h2-10,17,21H,11-13H2,1H3,(H2,19,20,22). The van der Waals surface area contributed by atoms with Crippen molar-refractivity contribution in [1.82, 2.24) is 10.6 Å². The second-order valence-corrected chi connectivity index (χ2v) is 5.25. The van der Waals surface area contributed by atoms with Gasteiger partial charge in [-0.05, 0) is 30.0 Å². The van der Waals surface area contributed by atoms with E-state index in [2.05, 4.69) is 10.6 Å². The third-order valence-electron chi connectivity index (χ3n) is 3.59. The highest BCUT2D eigenvalue weighted by molar-refractivity contribution is 5.73. The van der Waals surface area contributed by atoms with Gasteiger partial charge in [0.25, 0.3) is 0 Å². The highest BCUT2D eigenvalue weighted by Gasteiger charge is 2.07. The number of benzene rings is 2. The van der Waals surface area contributed by atoms with Crippen molar-refractivity contribution in [2.45, 2.75) is 26.0 Å². The summed E-state index contributed by atoms with van der Waals surface area (Å²) in [7, 11) is 0. The Labute approximate surface area is 131 Å². The van der Waals surface area contributed by atoms with Crippen molar-refractivity contribution >= 4 is 6.03 Å². The zero-order chi connectivity index (χ0) is 15.8. The SMILES string of the molecule is Cc1ccccc1CNC(=O)NCCC(O)c1ccccc1. The number of aryl methyl sites for hydroxylation is 1. The van der Waals surface area contributed by atoms with Crippen LogP contribution >= 0.6 is 0 Å². The molecule has 22 heavy (non-hydrogen) atoms. The van der Waals surface area contributed by atoms with Crippen LogP contribution in [0, 0.1) is 6.92 Å². The maximum Gasteiger partial charge on any atom is 0.315 e. The molecule has 0 aliphatic rings. The molecule has 2 aromatic carbocycles. The first-order chi connectivity index (χ1) is 10.7. The lowest BCUT2D eigenvalue weighted by Gasteiger charge is -2.12. The first-order valence-corrected chi connectivity index (χ1v) is 7.46. The lowest BCUT2D eigenvalue weighted by Crippen LogP contribution is -2.36. The summed E-state index contributed by atoms with van der Waals surface area (Å²) < 4.78 is 0. The van der Waals surface area contributed by atoms with Gasteiger partial charge in [0, 0.05) is 13.1 Å². The molecule has 0 aliphatic heterocycles. The van der Waals surface area contributed by atoms with E-state index in [0.29, 0.717) is 19.5 Å². The monoisotopic (exact) mass is 298 g/mol. The van der Waals surface area contributed by atoms with Crippen molar-refractivity contribution < 1.29 is 9.90 Å². The van der Waals surface area contributed by atoms with Crippen LogP contribution in [0.5, 0.6) is 0 Å². The Balaban J connectivity index is 1.69. The minimum absolute atomic E-state index is 0.219. The molecule has 2 amide bonds. The highest BCUT2D eigenvalue weighted by Crippen LogP contribution is 2.14. The molecule has 0 saturated carbocycles. The molecule has 0 fully saturated rings. The van der Waals surface area contributed by atoms with Gasteiger partial charge in [-0.2, -0.15) is 0 Å². The van der Waals surface area contributed by atoms with E-state index in [-0.39, 0.29) is 6.03 Å². The van der Waals surface area contributed by atoms with E-state index < -0.39 is 6.10 Å². The summed E-state index contributed by atoms with van der Waals surface area (Å²) in [6, 6.07) is 17.2. The Morgan fingerprint density at radius 3 is 2.45 bits per heavy atom. The molecular weight excluding hydrogens is 276 g/mol. The van der Waals surface area contributed by atoms with Gasteiger partial charge in [-0.15, -0.1) is 0 Å². The molecule has 0 heterocycles. The predicted octanol–water partition coefficient (Wildman–Crippen LogP) is 2.92. The smallest absolute Gasteiger partial charge is 0.315 e. The van der Waals surface area contributed by atoms with Crippen molar-refractivity contribution in [3.63, 3.8) is 0 Å². The average Bonchev–Trinajstić information content (AvgIpc) is 2.55. The largest absolute Gasteiger partial charge is 0.388 e. The van der Waals surface area contributed by atoms with Crippen LogP contribution in [0.2, 0.25) is 0 Å². The lowest BCUT2D eigenvalue weighted by atomic mass is 10.1. The fourth-order valence-corrected chi connectivity index (χ4v) is 2.21. The average molecular weight is 298 g/mol. The van der Waals surface area contributed by atoms with Crippen molar-refractivity contribution in [3.05, 3.63) is 71.3 Å². The van der Waals surface area contributed by atoms with Gasteiger partial charge in [0.15, 0.2) is 0 Å². The summed E-state index contributed by atoms with van der Waals surface area (Å²) in [5, 5.41) is 15.6. The number of carbonyl (C=O) groups is 1. The van der Waals surface area contributed by atoms with Gasteiger partial charge in [0.05, 0.1) is 6.10 Å². The number of carbonyl (C=O) groups excluding carboxylic acids is 1. The molecule has 3 N–H and O–H groups in total. The van der Waals surface area contributed by atoms with Gasteiger partial charge >= 0.3 is 6.03 Å². The number of aliphatic hydroxyl groups is 1. The van der Waals surface area contributed by atoms with Crippen LogP contribution in [0.3, 0.4) is 0 Å². The van der Waals surface area contributed by atoms with E-state index in [4.69, 9.17) is 0 Å². The summed E-state index contributed by atoms with van der Waals surface area (Å²) >= 11 is 0. The Hall–Kier alpha value is -2.33. The van der Waals surface area contributed by atoms with Gasteiger partial charge in [-0.25, -0.2) is 4.79 Å². The molecule has 2 rings (SSSR count). The van der Waals surface area contributed by atoms with E-state index >= 15 is 0 Å². The predicted molar refractivity (Wildman–Crippen MR) is 87.4 cm³/mol. The first kappa shape index (κ1) is 16.0. The number of rotatable bonds is 6. The molecule has 0 spiro atoms. The third kappa shape index (κ3) is 4.90. The van der Waals surface area contributed by atoms with Crippen LogP contribution in [0.25, 0.3) is 0 Å². The Bertz CT molecular complexity index is 599. The molecule has 2 aromatic rings. The number of urea groups is 1. The fourth-order valence-electron chi connectivity index (χ4n) is 2.21. The third-order valence-corrected chi connectivity index (χ3v) is 3.59. The molecule has 4 nitrogen and oxygen atoms in total. The minimum Gasteiger partial charge on any atom is -0.388 e. The van der Waals surface area contributed by atoms with Crippen LogP contribution in [0.4, 0.5) is 4.79 Å². The summed E-state index contributed by atoms with van der Waals surface area (Å²) in [6.45, 7) is 2.94. The number of nitrogens with one attached hydrogen (secondary N) is 2. The molecule has 0 aliphatic carbocycles. The van der Waals surface area contributed by atoms with E-state index in [1.807, 2.05) is 61.5 Å². The van der Waals surface area contributed by atoms with Crippen LogP contribution < -0.4 is 10.6 Å². The van der Waals surface area contributed by atoms with E-state index in [0.717, 1.165) is 16.7 Å². The maximum atomic E-state index is 11.7. The van der Waals surface area contributed by atoms with E-state index in [9.17, 15) is 9.90 Å². The maximum absolute atomic E-state index is 11.7. The zero-order valence-electron chi connectivity index (χ0n) is 12.8. The molecular formula is C18H22N2O2. The molecule has 0 bridgehead atoms. The van der Waals surface area contributed by atoms with Crippen LogP contribution in [-0.2, 0) is 6.54 Å². The molecule has 0 saturated heterocycles. The number of hydrogen-bond donors (Lipinski definition) is 3. The summed E-state index contributed by atoms with van der Waals surface area (Å²) in [5.74, 6) is 0. The first-order valence-electron chi connectivity index (χ1n) is 7.46. The number of aliphatic hydroxyl groups excluding tert-OH is 1. The summed E-state index contributed by atoms with van der Waals surface area (Å²) in [5.41, 5.74) is 3.12. The van der Waals surface area contributed by atoms with Crippen LogP contribution in [0.1, 0.15) is 29.2 Å². The van der Waals surface area contributed by atoms with Gasteiger partial charge < -0.3 is 15.7 Å². The molecule has 1 unspecified atom stereocenters. The molecule has 116 valence electrons. The van der Waals surface area contributed by atoms with Crippen LogP contribution in [-0.4, -0.2) is 17.7 Å². The quantitative estimate of drug-likeness (QED) is 0.768. The second kappa shape index (κ2) is 8.20. The Morgan fingerprint density at radius 2 is 1.73 bits per heavy atom. The van der Waals surface area contributed by atoms with Gasteiger partial charge in [0.1, 0.15) is 0 Å². The fraction of sp³-hybridized carbons (Fsp3) is 0.278. The van der Waals surface area contributed by atoms with Crippen molar-refractivity contribution in [2.75, 3.05) is 6.54 Å². The minimum atomic E-state index is -0.558. The topological polar surface area (TPSA) is 61.4 Å². The molecule has 0 radical (unpaired) electrons. The highest BCUT2D eigenvalue weighted by atomic mass is 16.3.